The summed E-state index contributed by atoms with van der Waals surface area (Å²) in [7, 11) is 5.01. The number of amides is 1. The Morgan fingerprint density at radius 1 is 1.10 bits per heavy atom. The van der Waals surface area contributed by atoms with Gasteiger partial charge in [-0.1, -0.05) is 12.1 Å². The smallest absolute Gasteiger partial charge is 0.289 e. The Hall–Kier alpha value is -2.43. The van der Waals surface area contributed by atoms with Crippen molar-refractivity contribution in [2.24, 2.45) is 4.99 Å². The highest BCUT2D eigenvalue weighted by Crippen LogP contribution is 2.30. The van der Waals surface area contributed by atoms with Crippen LogP contribution < -0.4 is 14.8 Å². The van der Waals surface area contributed by atoms with Crippen molar-refractivity contribution in [1.82, 2.24) is 15.1 Å². The van der Waals surface area contributed by atoms with Crippen LogP contribution in [0.5, 0.6) is 11.5 Å². The molecule has 0 radical (unpaired) electrons. The quantitative estimate of drug-likeness (QED) is 0.375. The Labute approximate surface area is 187 Å². The van der Waals surface area contributed by atoms with Gasteiger partial charge in [0.05, 0.1) is 20.5 Å². The monoisotopic (exact) mass is 514 g/mol. The predicted octanol–water partition coefficient (Wildman–Crippen LogP) is 2.45. The second-order valence-electron chi connectivity index (χ2n) is 6.31. The van der Waals surface area contributed by atoms with E-state index in [0.717, 1.165) is 11.5 Å². The number of halogens is 1. The molecule has 2 aromatic rings. The molecular weight excluding hydrogens is 487 g/mol. The van der Waals surface area contributed by atoms with Crippen LogP contribution in [0.25, 0.3) is 0 Å². The van der Waals surface area contributed by atoms with Crippen LogP contribution in [-0.4, -0.2) is 69.1 Å². The second kappa shape index (κ2) is 10.9. The van der Waals surface area contributed by atoms with E-state index >= 15 is 0 Å². The van der Waals surface area contributed by atoms with Gasteiger partial charge in [0.1, 0.15) is 0 Å². The van der Waals surface area contributed by atoms with Crippen molar-refractivity contribution in [2.75, 3.05) is 47.4 Å². The summed E-state index contributed by atoms with van der Waals surface area (Å²) in [5, 5.41) is 3.37. The standard InChI is InChI=1S/C20H26N4O4.HI/c1-21-20(22-14-15-6-4-7-16(26-2)18(15)27-3)24-11-9-23(10-12-24)19(25)17-8-5-13-28-17;/h4-8,13H,9-12,14H2,1-3H3,(H,21,22);1H. The molecule has 0 spiro atoms. The van der Waals surface area contributed by atoms with Gasteiger partial charge in [-0.15, -0.1) is 24.0 Å². The number of para-hydroxylation sites is 1. The maximum absolute atomic E-state index is 12.4. The van der Waals surface area contributed by atoms with Gasteiger partial charge in [-0.3, -0.25) is 9.79 Å². The van der Waals surface area contributed by atoms with Crippen molar-refractivity contribution < 1.29 is 18.7 Å². The molecule has 29 heavy (non-hydrogen) atoms. The summed E-state index contributed by atoms with van der Waals surface area (Å²) < 4.78 is 16.0. The van der Waals surface area contributed by atoms with Crippen molar-refractivity contribution in [3.05, 3.63) is 47.9 Å². The van der Waals surface area contributed by atoms with Crippen LogP contribution in [0.1, 0.15) is 16.1 Å². The molecule has 1 aromatic carbocycles. The number of aliphatic imine (C=N–C) groups is 1. The number of carbonyl (C=O) groups is 1. The molecule has 3 rings (SSSR count). The summed E-state index contributed by atoms with van der Waals surface area (Å²) >= 11 is 0. The molecule has 0 saturated carbocycles. The molecule has 2 heterocycles. The van der Waals surface area contributed by atoms with Crippen LogP contribution in [0.3, 0.4) is 0 Å². The van der Waals surface area contributed by atoms with Gasteiger partial charge >= 0.3 is 0 Å². The third-order valence-corrected chi connectivity index (χ3v) is 4.73. The summed E-state index contributed by atoms with van der Waals surface area (Å²) in [4.78, 5) is 20.7. The van der Waals surface area contributed by atoms with Crippen molar-refractivity contribution >= 4 is 35.8 Å². The normalized spacial score (nSPS) is 14.2. The SMILES string of the molecule is CN=C(NCc1cccc(OC)c1OC)N1CCN(C(=O)c2ccco2)CC1.I. The minimum absolute atomic E-state index is 0. The summed E-state index contributed by atoms with van der Waals surface area (Å²) in [6.07, 6.45) is 1.52. The molecule has 1 N–H and O–H groups in total. The van der Waals surface area contributed by atoms with Gasteiger partial charge in [-0.05, 0) is 18.2 Å². The number of furan rings is 1. The van der Waals surface area contributed by atoms with E-state index in [1.165, 1.54) is 6.26 Å². The van der Waals surface area contributed by atoms with Crippen LogP contribution in [0.2, 0.25) is 0 Å². The van der Waals surface area contributed by atoms with E-state index in [9.17, 15) is 4.79 Å². The van der Waals surface area contributed by atoms with Gasteiger partial charge in [0, 0.05) is 45.3 Å². The van der Waals surface area contributed by atoms with Gasteiger partial charge in [0.2, 0.25) is 0 Å². The lowest BCUT2D eigenvalue weighted by atomic mass is 10.2. The van der Waals surface area contributed by atoms with Gasteiger partial charge < -0.3 is 29.0 Å². The molecule has 0 atom stereocenters. The molecule has 1 fully saturated rings. The van der Waals surface area contributed by atoms with E-state index in [1.807, 2.05) is 18.2 Å². The third-order valence-electron chi connectivity index (χ3n) is 4.73. The topological polar surface area (TPSA) is 79.5 Å². The number of nitrogens with zero attached hydrogens (tertiary/aromatic N) is 3. The van der Waals surface area contributed by atoms with Crippen molar-refractivity contribution in [3.8, 4) is 11.5 Å². The first-order valence-corrected chi connectivity index (χ1v) is 9.16. The molecule has 0 aliphatic carbocycles. The van der Waals surface area contributed by atoms with Crippen LogP contribution >= 0.6 is 24.0 Å². The fourth-order valence-electron chi connectivity index (χ4n) is 3.28. The number of nitrogens with one attached hydrogen (secondary N) is 1. The Bertz CT molecular complexity index is 818. The van der Waals surface area contributed by atoms with Crippen LogP contribution in [0.4, 0.5) is 0 Å². The lowest BCUT2D eigenvalue weighted by Gasteiger charge is -2.36. The van der Waals surface area contributed by atoms with E-state index < -0.39 is 0 Å². The molecule has 9 heteroatoms. The molecular formula is C20H27IN4O4. The van der Waals surface area contributed by atoms with Gasteiger partial charge in [-0.2, -0.15) is 0 Å². The number of guanidine groups is 1. The number of ether oxygens (including phenoxy) is 2. The van der Waals surface area contributed by atoms with Crippen molar-refractivity contribution in [1.29, 1.82) is 0 Å². The van der Waals surface area contributed by atoms with E-state index in [2.05, 4.69) is 15.2 Å². The number of carbonyl (C=O) groups excluding carboxylic acids is 1. The first-order chi connectivity index (χ1) is 13.7. The van der Waals surface area contributed by atoms with Gasteiger partial charge in [0.15, 0.2) is 23.2 Å². The molecule has 8 nitrogen and oxygen atoms in total. The van der Waals surface area contributed by atoms with E-state index in [4.69, 9.17) is 13.9 Å². The highest BCUT2D eigenvalue weighted by Gasteiger charge is 2.25. The minimum atomic E-state index is -0.0753. The fourth-order valence-corrected chi connectivity index (χ4v) is 3.28. The molecule has 1 saturated heterocycles. The molecule has 0 unspecified atom stereocenters. The molecule has 0 bridgehead atoms. The van der Waals surface area contributed by atoms with E-state index in [1.54, 1.807) is 38.3 Å². The zero-order valence-corrected chi connectivity index (χ0v) is 19.2. The summed E-state index contributed by atoms with van der Waals surface area (Å²) in [5.41, 5.74) is 0.981. The fraction of sp³-hybridized carbons (Fsp3) is 0.400. The number of benzene rings is 1. The lowest BCUT2D eigenvalue weighted by Crippen LogP contribution is -2.53. The van der Waals surface area contributed by atoms with Crippen LogP contribution in [0.15, 0.2) is 46.0 Å². The summed E-state index contributed by atoms with van der Waals surface area (Å²) in [6.45, 7) is 3.17. The Morgan fingerprint density at radius 3 is 2.41 bits per heavy atom. The average Bonchev–Trinajstić information content (AvgIpc) is 3.28. The zero-order chi connectivity index (χ0) is 19.9. The molecule has 158 valence electrons. The predicted molar refractivity (Wildman–Crippen MR) is 121 cm³/mol. The maximum Gasteiger partial charge on any atom is 0.289 e. The highest BCUT2D eigenvalue weighted by atomic mass is 127. The second-order valence-corrected chi connectivity index (χ2v) is 6.31. The van der Waals surface area contributed by atoms with Crippen molar-refractivity contribution in [3.63, 3.8) is 0 Å². The largest absolute Gasteiger partial charge is 0.493 e. The minimum Gasteiger partial charge on any atom is -0.493 e. The first kappa shape index (κ1) is 22.9. The van der Waals surface area contributed by atoms with Crippen LogP contribution in [-0.2, 0) is 6.54 Å². The first-order valence-electron chi connectivity index (χ1n) is 9.16. The number of hydrogen-bond acceptors (Lipinski definition) is 5. The Balaban J connectivity index is 0.00000300. The van der Waals surface area contributed by atoms with E-state index in [0.29, 0.717) is 50.0 Å². The van der Waals surface area contributed by atoms with E-state index in [-0.39, 0.29) is 29.9 Å². The van der Waals surface area contributed by atoms with Crippen LogP contribution in [0, 0.1) is 0 Å². The Kier molecular flexibility index (Phi) is 8.62. The third kappa shape index (κ3) is 5.34. The summed E-state index contributed by atoms with van der Waals surface area (Å²) in [6, 6.07) is 9.20. The average molecular weight is 514 g/mol. The lowest BCUT2D eigenvalue weighted by molar-refractivity contribution is 0.0657. The Morgan fingerprint density at radius 2 is 1.83 bits per heavy atom. The molecule has 1 aliphatic rings. The molecule has 1 amide bonds. The van der Waals surface area contributed by atoms with Crippen molar-refractivity contribution in [2.45, 2.75) is 6.54 Å². The zero-order valence-electron chi connectivity index (χ0n) is 16.9. The number of rotatable bonds is 5. The number of hydrogen-bond donors (Lipinski definition) is 1. The summed E-state index contributed by atoms with van der Waals surface area (Å²) in [5.74, 6) is 2.49. The number of methoxy groups -OCH3 is 2. The molecule has 1 aromatic heterocycles. The van der Waals surface area contributed by atoms with Gasteiger partial charge in [-0.25, -0.2) is 0 Å². The molecule has 1 aliphatic heterocycles. The number of piperazine rings is 1. The highest BCUT2D eigenvalue weighted by molar-refractivity contribution is 14.0. The maximum atomic E-state index is 12.4. The van der Waals surface area contributed by atoms with Gasteiger partial charge in [0.25, 0.3) is 5.91 Å².